The highest BCUT2D eigenvalue weighted by Crippen LogP contribution is 2.14. The predicted octanol–water partition coefficient (Wildman–Crippen LogP) is 4.33. The fraction of sp³-hybridized carbons (Fsp3) is 0.360. The third-order valence-corrected chi connectivity index (χ3v) is 4.31. The van der Waals surface area contributed by atoms with E-state index < -0.39 is 23.7 Å². The van der Waals surface area contributed by atoms with E-state index in [1.807, 2.05) is 61.5 Å². The van der Waals surface area contributed by atoms with Crippen LogP contribution < -0.4 is 5.32 Å². The molecule has 0 heterocycles. The molecule has 0 unspecified atom stereocenters. The molecule has 2 aromatic rings. The van der Waals surface area contributed by atoms with Crippen LogP contribution in [0, 0.1) is 0 Å². The minimum absolute atomic E-state index is 0.111. The molecule has 7 heteroatoms. The number of carbonyl (C=O) groups is 2. The summed E-state index contributed by atoms with van der Waals surface area (Å²) in [6.45, 7) is 7.28. The third-order valence-electron chi connectivity index (χ3n) is 4.31. The number of aliphatic imine (C=N–C) groups is 2. The van der Waals surface area contributed by atoms with E-state index in [-0.39, 0.29) is 13.0 Å². The van der Waals surface area contributed by atoms with Gasteiger partial charge in [0, 0.05) is 25.2 Å². The number of ether oxygens (including phenoxy) is 2. The highest BCUT2D eigenvalue weighted by Gasteiger charge is 2.27. The molecular weight excluding hydrogens is 406 g/mol. The van der Waals surface area contributed by atoms with Crippen molar-refractivity contribution in [2.24, 2.45) is 9.98 Å². The first-order valence-electron chi connectivity index (χ1n) is 10.5. The second kappa shape index (κ2) is 11.8. The highest BCUT2D eigenvalue weighted by molar-refractivity contribution is 6.02. The highest BCUT2D eigenvalue weighted by atomic mass is 16.6. The van der Waals surface area contributed by atoms with Gasteiger partial charge in [0.15, 0.2) is 5.84 Å². The Hall–Kier alpha value is -3.48. The van der Waals surface area contributed by atoms with Crippen molar-refractivity contribution >= 4 is 24.1 Å². The average Bonchev–Trinajstić information content (AvgIpc) is 2.76. The summed E-state index contributed by atoms with van der Waals surface area (Å²) in [4.78, 5) is 33.5. The van der Waals surface area contributed by atoms with E-state index in [1.54, 1.807) is 34.0 Å². The van der Waals surface area contributed by atoms with Gasteiger partial charge in [-0.25, -0.2) is 14.6 Å². The van der Waals surface area contributed by atoms with Crippen LogP contribution in [0.1, 0.15) is 44.4 Å². The van der Waals surface area contributed by atoms with Crippen LogP contribution in [0.5, 0.6) is 0 Å². The lowest BCUT2D eigenvalue weighted by Gasteiger charge is -2.24. The van der Waals surface area contributed by atoms with Gasteiger partial charge < -0.3 is 14.8 Å². The van der Waals surface area contributed by atoms with Gasteiger partial charge in [0.05, 0.1) is 0 Å². The van der Waals surface area contributed by atoms with Gasteiger partial charge >= 0.3 is 12.1 Å². The van der Waals surface area contributed by atoms with Crippen molar-refractivity contribution < 1.29 is 19.1 Å². The van der Waals surface area contributed by atoms with Crippen molar-refractivity contribution in [1.29, 1.82) is 0 Å². The smallest absolute Gasteiger partial charge is 0.408 e. The molecular formula is C25H31N3O4. The zero-order valence-corrected chi connectivity index (χ0v) is 19.3. The van der Waals surface area contributed by atoms with Crippen LogP contribution in [0.3, 0.4) is 0 Å². The Labute approximate surface area is 189 Å². The van der Waals surface area contributed by atoms with E-state index in [2.05, 4.69) is 15.3 Å². The number of carbonyl (C=O) groups excluding carboxylic acids is 2. The molecule has 1 amide bonds. The van der Waals surface area contributed by atoms with Crippen LogP contribution in [0.4, 0.5) is 4.79 Å². The first kappa shape index (κ1) is 24.8. The Kier molecular flexibility index (Phi) is 9.13. The second-order valence-electron chi connectivity index (χ2n) is 8.13. The van der Waals surface area contributed by atoms with Crippen LogP contribution in [-0.4, -0.2) is 42.8 Å². The lowest BCUT2D eigenvalue weighted by atomic mass is 10.0. The van der Waals surface area contributed by atoms with Crippen molar-refractivity contribution in [2.75, 3.05) is 7.05 Å². The Morgan fingerprint density at radius 3 is 2.25 bits per heavy atom. The van der Waals surface area contributed by atoms with Gasteiger partial charge in [0.25, 0.3) is 0 Å². The van der Waals surface area contributed by atoms with Crippen LogP contribution in [-0.2, 0) is 27.3 Å². The molecule has 0 saturated heterocycles. The van der Waals surface area contributed by atoms with Gasteiger partial charge in [-0.15, -0.1) is 0 Å². The summed E-state index contributed by atoms with van der Waals surface area (Å²) in [7, 11) is 1.68. The van der Waals surface area contributed by atoms with Gasteiger partial charge in [-0.3, -0.25) is 4.99 Å². The molecule has 0 spiro atoms. The number of benzene rings is 2. The van der Waals surface area contributed by atoms with Crippen LogP contribution in [0.15, 0.2) is 64.6 Å². The van der Waals surface area contributed by atoms with Crippen LogP contribution in [0.25, 0.3) is 0 Å². The molecule has 0 aliphatic rings. The number of amides is 1. The minimum atomic E-state index is -0.892. The van der Waals surface area contributed by atoms with E-state index in [0.29, 0.717) is 5.84 Å². The molecule has 1 N–H and O–H groups in total. The maximum absolute atomic E-state index is 12.7. The van der Waals surface area contributed by atoms with E-state index in [0.717, 1.165) is 16.7 Å². The fourth-order valence-electron chi connectivity index (χ4n) is 2.88. The van der Waals surface area contributed by atoms with Gasteiger partial charge in [0.1, 0.15) is 18.2 Å². The van der Waals surface area contributed by atoms with Crippen molar-refractivity contribution in [3.63, 3.8) is 0 Å². The normalized spacial score (nSPS) is 13.0. The molecule has 170 valence electrons. The standard InChI is InChI=1S/C25H31N3O4/c1-6-27-22(26-5)20-14-12-18(13-15-20)16-21(23(29)32-25(2,3)4)28-24(30)31-17-19-10-8-7-9-11-19/h6-15,21H,16-17H2,1-5H3,(H,28,30)/b26-22-,27-6-/t21-/m0/s1. The molecule has 2 aromatic carbocycles. The number of hydrogen-bond acceptors (Lipinski definition) is 5. The summed E-state index contributed by atoms with van der Waals surface area (Å²) >= 11 is 0. The lowest BCUT2D eigenvalue weighted by Crippen LogP contribution is -2.45. The molecule has 1 atom stereocenters. The summed E-state index contributed by atoms with van der Waals surface area (Å²) in [6, 6.07) is 15.9. The summed E-state index contributed by atoms with van der Waals surface area (Å²) in [5.41, 5.74) is 1.89. The Balaban J connectivity index is 2.10. The molecule has 0 aliphatic carbocycles. The number of nitrogens with one attached hydrogen (secondary N) is 1. The molecule has 0 aliphatic heterocycles. The summed E-state index contributed by atoms with van der Waals surface area (Å²) in [5.74, 6) is 0.0926. The Morgan fingerprint density at radius 1 is 1.03 bits per heavy atom. The molecule has 32 heavy (non-hydrogen) atoms. The van der Waals surface area contributed by atoms with Gasteiger partial charge in [-0.2, -0.15) is 0 Å². The third kappa shape index (κ3) is 8.34. The number of hydrogen-bond donors (Lipinski definition) is 1. The van der Waals surface area contributed by atoms with E-state index in [9.17, 15) is 9.59 Å². The van der Waals surface area contributed by atoms with Gasteiger partial charge in [-0.1, -0.05) is 54.6 Å². The largest absolute Gasteiger partial charge is 0.458 e. The van der Waals surface area contributed by atoms with E-state index in [1.165, 1.54) is 0 Å². The number of rotatable bonds is 7. The molecule has 7 nitrogen and oxygen atoms in total. The quantitative estimate of drug-likeness (QED) is 0.397. The molecule has 0 saturated carbocycles. The van der Waals surface area contributed by atoms with Crippen molar-refractivity contribution in [2.45, 2.75) is 52.4 Å². The molecule has 2 rings (SSSR count). The first-order valence-corrected chi connectivity index (χ1v) is 10.5. The summed E-state index contributed by atoms with van der Waals surface area (Å²) in [5, 5.41) is 2.64. The monoisotopic (exact) mass is 437 g/mol. The zero-order valence-electron chi connectivity index (χ0n) is 19.3. The number of alkyl carbamates (subject to hydrolysis) is 1. The number of nitrogens with zero attached hydrogens (tertiary/aromatic N) is 2. The summed E-state index contributed by atoms with van der Waals surface area (Å²) in [6.07, 6.45) is 1.25. The van der Waals surface area contributed by atoms with Crippen molar-refractivity contribution in [3.05, 3.63) is 71.3 Å². The van der Waals surface area contributed by atoms with Crippen LogP contribution >= 0.6 is 0 Å². The molecule has 0 fully saturated rings. The number of amidine groups is 1. The average molecular weight is 438 g/mol. The first-order chi connectivity index (χ1) is 15.2. The second-order valence-corrected chi connectivity index (χ2v) is 8.13. The Bertz CT molecular complexity index is 945. The molecule has 0 bridgehead atoms. The van der Waals surface area contributed by atoms with E-state index in [4.69, 9.17) is 9.47 Å². The lowest BCUT2D eigenvalue weighted by molar-refractivity contribution is -0.157. The minimum Gasteiger partial charge on any atom is -0.458 e. The number of esters is 1. The van der Waals surface area contributed by atoms with Crippen molar-refractivity contribution in [1.82, 2.24) is 5.32 Å². The maximum atomic E-state index is 12.7. The maximum Gasteiger partial charge on any atom is 0.408 e. The van der Waals surface area contributed by atoms with Crippen LogP contribution in [0.2, 0.25) is 0 Å². The fourth-order valence-corrected chi connectivity index (χ4v) is 2.88. The SMILES string of the molecule is C/C=N\C(=N/C)c1ccc(C[C@H](NC(=O)OCc2ccccc2)C(=O)OC(C)(C)C)cc1. The van der Waals surface area contributed by atoms with Gasteiger partial charge in [-0.05, 0) is 38.8 Å². The summed E-state index contributed by atoms with van der Waals surface area (Å²) < 4.78 is 10.8. The van der Waals surface area contributed by atoms with Gasteiger partial charge in [0.2, 0.25) is 0 Å². The van der Waals surface area contributed by atoms with E-state index >= 15 is 0 Å². The predicted molar refractivity (Wildman–Crippen MR) is 126 cm³/mol. The zero-order chi connectivity index (χ0) is 23.6. The topological polar surface area (TPSA) is 89.4 Å². The Morgan fingerprint density at radius 2 is 1.69 bits per heavy atom. The molecule has 0 radical (unpaired) electrons. The van der Waals surface area contributed by atoms with Crippen molar-refractivity contribution in [3.8, 4) is 0 Å². The molecule has 0 aromatic heterocycles.